The number of carbonyl (C=O) groups excluding carboxylic acids is 1. The molecular formula is C29H30N8O2S. The zero-order valence-corrected chi connectivity index (χ0v) is 23.1. The first-order chi connectivity index (χ1) is 19.5. The molecule has 1 amide bonds. The molecule has 0 bridgehead atoms. The van der Waals surface area contributed by atoms with Crippen molar-refractivity contribution in [3.05, 3.63) is 42.2 Å². The molecule has 7 rings (SSSR count). The molecule has 11 heteroatoms. The molecule has 4 aromatic rings. The Labute approximate surface area is 236 Å². The van der Waals surface area contributed by atoms with Crippen molar-refractivity contribution in [1.82, 2.24) is 30.1 Å². The lowest BCUT2D eigenvalue weighted by Crippen LogP contribution is -2.53. The highest BCUT2D eigenvalue weighted by Crippen LogP contribution is 2.38. The van der Waals surface area contributed by atoms with Crippen molar-refractivity contribution in [2.45, 2.75) is 44.2 Å². The van der Waals surface area contributed by atoms with Crippen LogP contribution in [-0.4, -0.2) is 68.6 Å². The van der Waals surface area contributed by atoms with Gasteiger partial charge in [-0.25, -0.2) is 4.52 Å². The minimum Gasteiger partial charge on any atom is -0.376 e. The molecule has 1 aliphatic carbocycles. The van der Waals surface area contributed by atoms with Crippen molar-refractivity contribution in [3.8, 4) is 34.3 Å². The molecule has 2 N–H and O–H groups in total. The lowest BCUT2D eigenvalue weighted by molar-refractivity contribution is -0.123. The maximum atomic E-state index is 12.2. The van der Waals surface area contributed by atoms with Crippen LogP contribution in [0.15, 0.2) is 36.7 Å². The number of nitrogens with zero attached hydrogens (tertiary/aromatic N) is 6. The number of amides is 1. The number of pyridine rings is 1. The van der Waals surface area contributed by atoms with Gasteiger partial charge >= 0.3 is 0 Å². The molecule has 3 fully saturated rings. The molecule has 4 aromatic heterocycles. The van der Waals surface area contributed by atoms with Crippen molar-refractivity contribution in [2.24, 2.45) is 5.92 Å². The lowest BCUT2D eigenvalue weighted by atomic mass is 9.99. The summed E-state index contributed by atoms with van der Waals surface area (Å²) < 4.78 is 7.35. The van der Waals surface area contributed by atoms with Crippen LogP contribution in [0.5, 0.6) is 0 Å². The average Bonchev–Trinajstić information content (AvgIpc) is 3.55. The number of anilines is 2. The Morgan fingerprint density at radius 1 is 1.15 bits per heavy atom. The Kier molecular flexibility index (Phi) is 6.17. The molecule has 6 heterocycles. The Morgan fingerprint density at radius 2 is 1.98 bits per heavy atom. The zero-order chi connectivity index (χ0) is 27.3. The summed E-state index contributed by atoms with van der Waals surface area (Å²) in [5, 5.41) is 22.2. The summed E-state index contributed by atoms with van der Waals surface area (Å²) in [4.78, 5) is 19.2. The van der Waals surface area contributed by atoms with E-state index in [1.807, 2.05) is 35.0 Å². The highest BCUT2D eigenvalue weighted by atomic mass is 32.1. The van der Waals surface area contributed by atoms with Gasteiger partial charge in [-0.15, -0.1) is 16.6 Å². The van der Waals surface area contributed by atoms with Gasteiger partial charge in [-0.05, 0) is 56.9 Å². The molecule has 0 aromatic carbocycles. The summed E-state index contributed by atoms with van der Waals surface area (Å²) in [6, 6.07) is 8.22. The van der Waals surface area contributed by atoms with Crippen LogP contribution < -0.4 is 15.5 Å². The van der Waals surface area contributed by atoms with Gasteiger partial charge in [0.1, 0.15) is 0 Å². The second-order valence-corrected chi connectivity index (χ2v) is 12.1. The predicted molar refractivity (Wildman–Crippen MR) is 154 cm³/mol. The number of ether oxygens (including phenoxy) is 1. The molecule has 10 nitrogen and oxygen atoms in total. The van der Waals surface area contributed by atoms with Gasteiger partial charge in [0, 0.05) is 42.5 Å². The number of rotatable bonds is 7. The van der Waals surface area contributed by atoms with Crippen LogP contribution in [0.2, 0.25) is 0 Å². The summed E-state index contributed by atoms with van der Waals surface area (Å²) in [5.41, 5.74) is 4.96. The van der Waals surface area contributed by atoms with Gasteiger partial charge < -0.3 is 20.3 Å². The largest absolute Gasteiger partial charge is 0.376 e. The topological polar surface area (TPSA) is 110 Å². The van der Waals surface area contributed by atoms with Crippen LogP contribution in [0.4, 0.5) is 10.8 Å². The van der Waals surface area contributed by atoms with E-state index in [1.54, 1.807) is 17.5 Å². The molecule has 2 saturated heterocycles. The summed E-state index contributed by atoms with van der Waals surface area (Å²) in [6.07, 6.45) is 13.0. The quantitative estimate of drug-likeness (QED) is 0.334. The minimum absolute atomic E-state index is 0.172. The maximum Gasteiger partial charge on any atom is 0.223 e. The third kappa shape index (κ3) is 4.78. The minimum atomic E-state index is -0.172. The Bertz CT molecular complexity index is 1620. The van der Waals surface area contributed by atoms with Crippen LogP contribution in [0.3, 0.4) is 0 Å². The highest BCUT2D eigenvalue weighted by Gasteiger charge is 2.35. The van der Waals surface area contributed by atoms with Gasteiger partial charge in [-0.1, -0.05) is 17.3 Å². The number of nitrogens with one attached hydrogen (secondary N) is 2. The molecule has 0 radical (unpaired) electrons. The molecule has 2 aliphatic heterocycles. The van der Waals surface area contributed by atoms with Gasteiger partial charge in [0.25, 0.3) is 0 Å². The molecule has 3 aliphatic rings. The smallest absolute Gasteiger partial charge is 0.223 e. The van der Waals surface area contributed by atoms with Gasteiger partial charge in [-0.2, -0.15) is 5.10 Å². The third-order valence-corrected chi connectivity index (χ3v) is 8.83. The monoisotopic (exact) mass is 554 g/mol. The number of terminal acetylenes is 1. The van der Waals surface area contributed by atoms with Crippen LogP contribution in [-0.2, 0) is 9.53 Å². The van der Waals surface area contributed by atoms with E-state index in [9.17, 15) is 4.79 Å². The van der Waals surface area contributed by atoms with Crippen LogP contribution in [0.1, 0.15) is 38.2 Å². The SMILES string of the molecule is C#Cc1cnn2c(-c3cc(NC4(C)COC4)c(-c4nnc(N5CCC(NC(=O)C6CC6)CC5)s4)cn3)ccc2c1. The maximum absolute atomic E-state index is 12.2. The fourth-order valence-corrected chi connectivity index (χ4v) is 6.20. The van der Waals surface area contributed by atoms with Crippen molar-refractivity contribution in [2.75, 3.05) is 36.5 Å². The first kappa shape index (κ1) is 25.0. The van der Waals surface area contributed by atoms with E-state index < -0.39 is 0 Å². The first-order valence-corrected chi connectivity index (χ1v) is 14.5. The Morgan fingerprint density at radius 3 is 2.70 bits per heavy atom. The van der Waals surface area contributed by atoms with E-state index >= 15 is 0 Å². The zero-order valence-electron chi connectivity index (χ0n) is 22.3. The molecule has 204 valence electrons. The Balaban J connectivity index is 1.14. The second kappa shape index (κ2) is 9.87. The molecule has 1 saturated carbocycles. The van der Waals surface area contributed by atoms with Crippen molar-refractivity contribution in [1.29, 1.82) is 0 Å². The average molecular weight is 555 g/mol. The van der Waals surface area contributed by atoms with Gasteiger partial charge in [0.15, 0.2) is 5.01 Å². The van der Waals surface area contributed by atoms with Crippen molar-refractivity contribution in [3.63, 3.8) is 0 Å². The van der Waals surface area contributed by atoms with Crippen molar-refractivity contribution >= 4 is 33.6 Å². The number of hydrogen-bond donors (Lipinski definition) is 2. The standard InChI is InChI=1S/C29H30N8O2S/c1-3-18-12-21-6-7-25(37(21)31-14-18)24-13-23(33-29(2)16-39-17-29)22(15-30-24)27-34-35-28(40-27)36-10-8-20(9-11-36)32-26(38)19-4-5-19/h1,6-7,12-15,19-20H,4-5,8-11,16-17H2,2H3,(H,30,33)(H,32,38). The number of fused-ring (bicyclic) bond motifs is 1. The fraction of sp³-hybridized carbons (Fsp3) is 0.414. The number of carbonyl (C=O) groups is 1. The van der Waals surface area contributed by atoms with Crippen LogP contribution in [0, 0.1) is 18.3 Å². The first-order valence-electron chi connectivity index (χ1n) is 13.7. The third-order valence-electron chi connectivity index (χ3n) is 7.82. The number of hydrogen-bond acceptors (Lipinski definition) is 9. The summed E-state index contributed by atoms with van der Waals surface area (Å²) in [5.74, 6) is 3.10. The van der Waals surface area contributed by atoms with Crippen LogP contribution >= 0.6 is 11.3 Å². The fourth-order valence-electron chi connectivity index (χ4n) is 5.28. The molecular weight excluding hydrogens is 524 g/mol. The lowest BCUT2D eigenvalue weighted by Gasteiger charge is -2.40. The summed E-state index contributed by atoms with van der Waals surface area (Å²) in [6.45, 7) is 5.09. The molecule has 0 spiro atoms. The second-order valence-electron chi connectivity index (χ2n) is 11.2. The van der Waals surface area contributed by atoms with E-state index in [-0.39, 0.29) is 23.4 Å². The number of piperidine rings is 1. The highest BCUT2D eigenvalue weighted by molar-refractivity contribution is 7.18. The molecule has 0 atom stereocenters. The molecule has 40 heavy (non-hydrogen) atoms. The van der Waals surface area contributed by atoms with E-state index in [0.29, 0.717) is 13.2 Å². The predicted octanol–water partition coefficient (Wildman–Crippen LogP) is 3.59. The van der Waals surface area contributed by atoms with Gasteiger partial charge in [-0.3, -0.25) is 9.78 Å². The summed E-state index contributed by atoms with van der Waals surface area (Å²) >= 11 is 1.57. The summed E-state index contributed by atoms with van der Waals surface area (Å²) in [7, 11) is 0. The van der Waals surface area contributed by atoms with E-state index in [2.05, 4.69) is 43.7 Å². The normalized spacial score (nSPS) is 18.8. The van der Waals surface area contributed by atoms with Gasteiger partial charge in [0.05, 0.1) is 47.4 Å². The van der Waals surface area contributed by atoms with Crippen molar-refractivity contribution < 1.29 is 9.53 Å². The van der Waals surface area contributed by atoms with E-state index in [4.69, 9.17) is 16.1 Å². The van der Waals surface area contributed by atoms with E-state index in [0.717, 1.165) is 82.6 Å². The van der Waals surface area contributed by atoms with E-state index in [1.165, 1.54) is 0 Å². The Hall–Kier alpha value is -4.01. The van der Waals surface area contributed by atoms with Gasteiger partial charge in [0.2, 0.25) is 11.0 Å². The van der Waals surface area contributed by atoms with Crippen LogP contribution in [0.25, 0.3) is 27.5 Å². The molecule has 0 unspecified atom stereocenters. The number of aromatic nitrogens is 5.